The van der Waals surface area contributed by atoms with Crippen molar-refractivity contribution in [2.45, 2.75) is 33.7 Å². The molecule has 100 valence electrons. The average molecular weight is 274 g/mol. The van der Waals surface area contributed by atoms with Crippen LogP contribution in [0.3, 0.4) is 0 Å². The van der Waals surface area contributed by atoms with E-state index in [9.17, 15) is 0 Å². The first-order valence-electron chi connectivity index (χ1n) is 6.56. The molecule has 2 heteroatoms. The maximum absolute atomic E-state index is 6.26. The van der Waals surface area contributed by atoms with Gasteiger partial charge in [-0.25, -0.2) is 0 Å². The third kappa shape index (κ3) is 3.51. The second-order valence-corrected chi connectivity index (χ2v) is 5.68. The zero-order valence-corrected chi connectivity index (χ0v) is 12.7. The smallest absolute Gasteiger partial charge is 0.0640 e. The van der Waals surface area contributed by atoms with E-state index in [0.29, 0.717) is 0 Å². The van der Waals surface area contributed by atoms with Gasteiger partial charge in [0.25, 0.3) is 0 Å². The SMILES string of the molecule is Cc1cc(C)cc(C(C)Nc2ccc(C)cc2Cl)c1. The highest BCUT2D eigenvalue weighted by atomic mass is 35.5. The van der Waals surface area contributed by atoms with E-state index < -0.39 is 0 Å². The first-order valence-corrected chi connectivity index (χ1v) is 6.94. The third-order valence-corrected chi connectivity index (χ3v) is 3.55. The van der Waals surface area contributed by atoms with Crippen LogP contribution in [0.5, 0.6) is 0 Å². The Hall–Kier alpha value is -1.47. The maximum atomic E-state index is 6.26. The summed E-state index contributed by atoms with van der Waals surface area (Å²) in [7, 11) is 0. The average Bonchev–Trinajstić information content (AvgIpc) is 2.31. The highest BCUT2D eigenvalue weighted by molar-refractivity contribution is 6.33. The minimum atomic E-state index is 0.235. The van der Waals surface area contributed by atoms with Crippen molar-refractivity contribution in [3.05, 3.63) is 63.7 Å². The van der Waals surface area contributed by atoms with E-state index in [4.69, 9.17) is 11.6 Å². The molecule has 2 rings (SSSR count). The largest absolute Gasteiger partial charge is 0.377 e. The van der Waals surface area contributed by atoms with Crippen LogP contribution in [-0.4, -0.2) is 0 Å². The number of rotatable bonds is 3. The minimum Gasteiger partial charge on any atom is -0.377 e. The molecule has 0 aromatic heterocycles. The molecule has 0 aliphatic heterocycles. The third-order valence-electron chi connectivity index (χ3n) is 3.24. The molecule has 1 nitrogen and oxygen atoms in total. The molecular weight excluding hydrogens is 254 g/mol. The van der Waals surface area contributed by atoms with Gasteiger partial charge in [0.05, 0.1) is 10.7 Å². The lowest BCUT2D eigenvalue weighted by Crippen LogP contribution is -2.07. The molecule has 0 amide bonds. The molecule has 1 atom stereocenters. The molecule has 0 aliphatic carbocycles. The first-order chi connectivity index (χ1) is 8.95. The molecule has 19 heavy (non-hydrogen) atoms. The van der Waals surface area contributed by atoms with E-state index in [1.807, 2.05) is 19.1 Å². The van der Waals surface area contributed by atoms with Gasteiger partial charge in [-0.3, -0.25) is 0 Å². The second-order valence-electron chi connectivity index (χ2n) is 5.27. The Labute approximate surface area is 120 Å². The highest BCUT2D eigenvalue weighted by Crippen LogP contribution is 2.27. The lowest BCUT2D eigenvalue weighted by Gasteiger charge is -2.18. The summed E-state index contributed by atoms with van der Waals surface area (Å²) < 4.78 is 0. The topological polar surface area (TPSA) is 12.0 Å². The lowest BCUT2D eigenvalue weighted by atomic mass is 10.0. The number of benzene rings is 2. The number of aryl methyl sites for hydroxylation is 3. The van der Waals surface area contributed by atoms with Gasteiger partial charge in [-0.1, -0.05) is 47.0 Å². The Kier molecular flexibility index (Phi) is 4.16. The Morgan fingerprint density at radius 2 is 1.53 bits per heavy atom. The van der Waals surface area contributed by atoms with Gasteiger partial charge in [0, 0.05) is 6.04 Å². The molecule has 0 saturated heterocycles. The van der Waals surface area contributed by atoms with Gasteiger partial charge in [-0.2, -0.15) is 0 Å². The van der Waals surface area contributed by atoms with Crippen LogP contribution < -0.4 is 5.32 Å². The fraction of sp³-hybridized carbons (Fsp3) is 0.294. The van der Waals surface area contributed by atoms with Crippen molar-refractivity contribution in [3.63, 3.8) is 0 Å². The molecule has 2 aromatic carbocycles. The predicted molar refractivity (Wildman–Crippen MR) is 84.1 cm³/mol. The molecule has 1 N–H and O–H groups in total. The molecule has 0 radical (unpaired) electrons. The molecule has 0 bridgehead atoms. The molecule has 0 fully saturated rings. The van der Waals surface area contributed by atoms with E-state index in [-0.39, 0.29) is 6.04 Å². The van der Waals surface area contributed by atoms with Crippen LogP contribution in [0.1, 0.15) is 35.2 Å². The number of halogens is 1. The Morgan fingerprint density at radius 3 is 2.11 bits per heavy atom. The van der Waals surface area contributed by atoms with Gasteiger partial charge in [0.2, 0.25) is 0 Å². The Balaban J connectivity index is 2.22. The number of nitrogens with one attached hydrogen (secondary N) is 1. The van der Waals surface area contributed by atoms with Crippen LogP contribution >= 0.6 is 11.6 Å². The molecule has 0 spiro atoms. The van der Waals surface area contributed by atoms with Crippen LogP contribution in [0.2, 0.25) is 5.02 Å². The van der Waals surface area contributed by atoms with Crippen molar-refractivity contribution in [1.82, 2.24) is 0 Å². The quantitative estimate of drug-likeness (QED) is 0.785. The van der Waals surface area contributed by atoms with Crippen molar-refractivity contribution in [3.8, 4) is 0 Å². The fourth-order valence-corrected chi connectivity index (χ4v) is 2.60. The monoisotopic (exact) mass is 273 g/mol. The number of anilines is 1. The number of hydrogen-bond acceptors (Lipinski definition) is 1. The summed E-state index contributed by atoms with van der Waals surface area (Å²) in [6.45, 7) is 8.46. The van der Waals surface area contributed by atoms with Crippen LogP contribution in [0, 0.1) is 20.8 Å². The summed E-state index contributed by atoms with van der Waals surface area (Å²) in [5.74, 6) is 0. The number of hydrogen-bond donors (Lipinski definition) is 1. The minimum absolute atomic E-state index is 0.235. The Morgan fingerprint density at radius 1 is 0.895 bits per heavy atom. The summed E-state index contributed by atoms with van der Waals surface area (Å²) in [4.78, 5) is 0. The van der Waals surface area contributed by atoms with Crippen molar-refractivity contribution in [1.29, 1.82) is 0 Å². The van der Waals surface area contributed by atoms with Gasteiger partial charge in [-0.05, 0) is 51.0 Å². The molecular formula is C17H20ClN. The van der Waals surface area contributed by atoms with Gasteiger partial charge in [-0.15, -0.1) is 0 Å². The summed E-state index contributed by atoms with van der Waals surface area (Å²) in [6.07, 6.45) is 0. The molecule has 2 aromatic rings. The lowest BCUT2D eigenvalue weighted by molar-refractivity contribution is 0.880. The predicted octanol–water partition coefficient (Wildman–Crippen LogP) is 5.44. The van der Waals surface area contributed by atoms with Gasteiger partial charge in [0.1, 0.15) is 0 Å². The van der Waals surface area contributed by atoms with Crippen molar-refractivity contribution < 1.29 is 0 Å². The van der Waals surface area contributed by atoms with Crippen molar-refractivity contribution in [2.75, 3.05) is 5.32 Å². The maximum Gasteiger partial charge on any atom is 0.0640 e. The Bertz CT molecular complexity index is 570. The zero-order valence-electron chi connectivity index (χ0n) is 11.9. The fourth-order valence-electron chi connectivity index (χ4n) is 2.31. The van der Waals surface area contributed by atoms with Crippen molar-refractivity contribution in [2.24, 2.45) is 0 Å². The van der Waals surface area contributed by atoms with Crippen LogP contribution in [0.25, 0.3) is 0 Å². The first kappa shape index (κ1) is 14.0. The molecule has 0 aliphatic rings. The highest BCUT2D eigenvalue weighted by Gasteiger charge is 2.08. The van der Waals surface area contributed by atoms with Crippen LogP contribution in [-0.2, 0) is 0 Å². The van der Waals surface area contributed by atoms with Gasteiger partial charge >= 0.3 is 0 Å². The summed E-state index contributed by atoms with van der Waals surface area (Å²) in [5.41, 5.74) is 6.03. The standard InChI is InChI=1S/C17H20ClN/c1-11-5-6-17(16(18)10-11)19-14(4)15-8-12(2)7-13(3)9-15/h5-10,14,19H,1-4H3. The normalized spacial score (nSPS) is 12.3. The van der Waals surface area contributed by atoms with Crippen LogP contribution in [0.4, 0.5) is 5.69 Å². The van der Waals surface area contributed by atoms with Gasteiger partial charge < -0.3 is 5.32 Å². The van der Waals surface area contributed by atoms with Gasteiger partial charge in [0.15, 0.2) is 0 Å². The van der Waals surface area contributed by atoms with E-state index in [1.165, 1.54) is 22.3 Å². The summed E-state index contributed by atoms with van der Waals surface area (Å²) in [5, 5.41) is 4.25. The van der Waals surface area contributed by atoms with Crippen molar-refractivity contribution >= 4 is 17.3 Å². The van der Waals surface area contributed by atoms with E-state index in [0.717, 1.165) is 10.7 Å². The summed E-state index contributed by atoms with van der Waals surface area (Å²) in [6, 6.07) is 12.9. The summed E-state index contributed by atoms with van der Waals surface area (Å²) >= 11 is 6.26. The molecule has 0 saturated carbocycles. The van der Waals surface area contributed by atoms with E-state index in [2.05, 4.69) is 50.4 Å². The second kappa shape index (κ2) is 5.66. The molecule has 0 heterocycles. The van der Waals surface area contributed by atoms with E-state index >= 15 is 0 Å². The van der Waals surface area contributed by atoms with Crippen LogP contribution in [0.15, 0.2) is 36.4 Å². The molecule has 1 unspecified atom stereocenters. The zero-order chi connectivity index (χ0) is 14.0. The van der Waals surface area contributed by atoms with E-state index in [1.54, 1.807) is 0 Å².